The van der Waals surface area contributed by atoms with Gasteiger partial charge in [0, 0.05) is 29.3 Å². The van der Waals surface area contributed by atoms with Crippen molar-refractivity contribution in [3.63, 3.8) is 0 Å². The molecule has 0 radical (unpaired) electrons. The van der Waals surface area contributed by atoms with Crippen LogP contribution in [0.1, 0.15) is 30.0 Å². The molecule has 0 amide bonds. The quantitative estimate of drug-likeness (QED) is 0.901. The molecule has 110 valence electrons. The van der Waals surface area contributed by atoms with Crippen molar-refractivity contribution in [3.05, 3.63) is 63.6 Å². The number of hydrogen-bond acceptors (Lipinski definition) is 2. The molecule has 0 aliphatic carbocycles. The number of para-hydroxylation sites is 1. The van der Waals surface area contributed by atoms with E-state index >= 15 is 0 Å². The van der Waals surface area contributed by atoms with Crippen molar-refractivity contribution < 1.29 is 0 Å². The molecule has 1 aliphatic rings. The van der Waals surface area contributed by atoms with Gasteiger partial charge in [-0.1, -0.05) is 46.3 Å². The summed E-state index contributed by atoms with van der Waals surface area (Å²) < 4.78 is 1.15. The van der Waals surface area contributed by atoms with Crippen LogP contribution in [0.25, 0.3) is 0 Å². The lowest BCUT2D eigenvalue weighted by atomic mass is 9.96. The molecular formula is C18H21BrN2. The molecule has 0 saturated carbocycles. The first-order valence-electron chi connectivity index (χ1n) is 7.51. The van der Waals surface area contributed by atoms with E-state index in [9.17, 15) is 0 Å². The van der Waals surface area contributed by atoms with Gasteiger partial charge in [0.05, 0.1) is 0 Å². The van der Waals surface area contributed by atoms with Gasteiger partial charge in [0.1, 0.15) is 0 Å². The SMILES string of the molecule is CC1CCc2ccccc2N1Cc1ccc(CN)cc1Br. The van der Waals surface area contributed by atoms with Crippen molar-refractivity contribution in [2.45, 2.75) is 38.9 Å². The number of benzene rings is 2. The summed E-state index contributed by atoms with van der Waals surface area (Å²) in [5, 5.41) is 0. The maximum atomic E-state index is 5.71. The molecule has 2 N–H and O–H groups in total. The molecule has 3 heteroatoms. The standard InChI is InChI=1S/C18H21BrN2/c1-13-6-8-15-4-2-3-5-18(15)21(13)12-16-9-7-14(11-20)10-17(16)19/h2-5,7,9-10,13H,6,8,11-12,20H2,1H3. The number of hydrogen-bond donors (Lipinski definition) is 1. The molecule has 0 bridgehead atoms. The van der Waals surface area contributed by atoms with Crippen LogP contribution in [0.4, 0.5) is 5.69 Å². The maximum absolute atomic E-state index is 5.71. The minimum absolute atomic E-state index is 0.570. The third-order valence-corrected chi connectivity index (χ3v) is 5.10. The molecule has 0 spiro atoms. The van der Waals surface area contributed by atoms with E-state index in [0.29, 0.717) is 12.6 Å². The van der Waals surface area contributed by atoms with E-state index in [1.165, 1.54) is 29.7 Å². The van der Waals surface area contributed by atoms with Crippen LogP contribution in [0, 0.1) is 0 Å². The summed E-state index contributed by atoms with van der Waals surface area (Å²) >= 11 is 3.69. The van der Waals surface area contributed by atoms with E-state index in [1.807, 2.05) is 0 Å². The lowest BCUT2D eigenvalue weighted by Gasteiger charge is -2.37. The van der Waals surface area contributed by atoms with Crippen LogP contribution in [0.2, 0.25) is 0 Å². The fourth-order valence-corrected chi connectivity index (χ4v) is 3.58. The highest BCUT2D eigenvalue weighted by Crippen LogP contribution is 2.33. The number of nitrogens with two attached hydrogens (primary N) is 1. The lowest BCUT2D eigenvalue weighted by molar-refractivity contribution is 0.559. The van der Waals surface area contributed by atoms with Crippen LogP contribution in [0.5, 0.6) is 0 Å². The third kappa shape index (κ3) is 2.99. The molecule has 2 nitrogen and oxygen atoms in total. The predicted octanol–water partition coefficient (Wildman–Crippen LogP) is 4.25. The van der Waals surface area contributed by atoms with Gasteiger partial charge in [-0.3, -0.25) is 0 Å². The molecule has 2 aromatic rings. The second-order valence-corrected chi connectivity index (χ2v) is 6.63. The fraction of sp³-hybridized carbons (Fsp3) is 0.333. The first-order valence-corrected chi connectivity index (χ1v) is 8.30. The van der Waals surface area contributed by atoms with E-state index < -0.39 is 0 Å². The fourth-order valence-electron chi connectivity index (χ4n) is 3.03. The zero-order valence-electron chi connectivity index (χ0n) is 12.3. The Morgan fingerprint density at radius 2 is 2.05 bits per heavy atom. The molecule has 0 saturated heterocycles. The normalized spacial score (nSPS) is 17.7. The Morgan fingerprint density at radius 3 is 2.81 bits per heavy atom. The van der Waals surface area contributed by atoms with Crippen molar-refractivity contribution in [3.8, 4) is 0 Å². The molecule has 1 heterocycles. The second-order valence-electron chi connectivity index (χ2n) is 5.77. The van der Waals surface area contributed by atoms with Crippen molar-refractivity contribution >= 4 is 21.6 Å². The van der Waals surface area contributed by atoms with E-state index in [1.54, 1.807) is 0 Å². The van der Waals surface area contributed by atoms with Crippen LogP contribution in [-0.4, -0.2) is 6.04 Å². The Bertz CT molecular complexity index is 639. The predicted molar refractivity (Wildman–Crippen MR) is 92.4 cm³/mol. The van der Waals surface area contributed by atoms with Crippen LogP contribution in [0.15, 0.2) is 46.9 Å². The van der Waals surface area contributed by atoms with Crippen molar-refractivity contribution in [1.29, 1.82) is 0 Å². The first-order chi connectivity index (χ1) is 10.2. The minimum atomic E-state index is 0.570. The highest BCUT2D eigenvalue weighted by molar-refractivity contribution is 9.10. The molecule has 3 rings (SSSR count). The van der Waals surface area contributed by atoms with E-state index in [2.05, 4.69) is 70.2 Å². The van der Waals surface area contributed by atoms with Crippen LogP contribution < -0.4 is 10.6 Å². The average molecular weight is 345 g/mol. The summed E-state index contributed by atoms with van der Waals surface area (Å²) in [5.41, 5.74) is 11.0. The Labute approximate surface area is 135 Å². The van der Waals surface area contributed by atoms with Gasteiger partial charge in [-0.05, 0) is 48.6 Å². The second kappa shape index (κ2) is 6.20. The number of aryl methyl sites for hydroxylation is 1. The summed E-state index contributed by atoms with van der Waals surface area (Å²) in [5.74, 6) is 0. The highest BCUT2D eigenvalue weighted by atomic mass is 79.9. The van der Waals surface area contributed by atoms with Gasteiger partial charge in [-0.25, -0.2) is 0 Å². The molecule has 1 unspecified atom stereocenters. The summed E-state index contributed by atoms with van der Waals surface area (Å²) in [6.07, 6.45) is 2.40. The highest BCUT2D eigenvalue weighted by Gasteiger charge is 2.23. The summed E-state index contributed by atoms with van der Waals surface area (Å²) in [4.78, 5) is 2.51. The zero-order chi connectivity index (χ0) is 14.8. The van der Waals surface area contributed by atoms with E-state index in [0.717, 1.165) is 16.6 Å². The smallest absolute Gasteiger partial charge is 0.0443 e. The third-order valence-electron chi connectivity index (χ3n) is 4.36. The molecule has 0 fully saturated rings. The van der Waals surface area contributed by atoms with Gasteiger partial charge < -0.3 is 10.6 Å². The summed E-state index contributed by atoms with van der Waals surface area (Å²) in [6, 6.07) is 15.8. The number of nitrogens with zero attached hydrogens (tertiary/aromatic N) is 1. The van der Waals surface area contributed by atoms with Gasteiger partial charge in [0.15, 0.2) is 0 Å². The van der Waals surface area contributed by atoms with Gasteiger partial charge in [0.2, 0.25) is 0 Å². The Morgan fingerprint density at radius 1 is 1.24 bits per heavy atom. The first kappa shape index (κ1) is 14.6. The molecule has 0 aromatic heterocycles. The van der Waals surface area contributed by atoms with Gasteiger partial charge >= 0.3 is 0 Å². The van der Waals surface area contributed by atoms with Crippen molar-refractivity contribution in [2.24, 2.45) is 5.73 Å². The number of anilines is 1. The monoisotopic (exact) mass is 344 g/mol. The molecule has 21 heavy (non-hydrogen) atoms. The Hall–Kier alpha value is -1.32. The minimum Gasteiger partial charge on any atom is -0.364 e. The number of fused-ring (bicyclic) bond motifs is 1. The summed E-state index contributed by atoms with van der Waals surface area (Å²) in [6.45, 7) is 3.84. The topological polar surface area (TPSA) is 29.3 Å². The number of rotatable bonds is 3. The number of halogens is 1. The van der Waals surface area contributed by atoms with Gasteiger partial charge in [-0.15, -0.1) is 0 Å². The molecule has 1 aliphatic heterocycles. The van der Waals surface area contributed by atoms with Crippen LogP contribution in [-0.2, 0) is 19.5 Å². The van der Waals surface area contributed by atoms with Crippen molar-refractivity contribution in [1.82, 2.24) is 0 Å². The van der Waals surface area contributed by atoms with Gasteiger partial charge in [-0.2, -0.15) is 0 Å². The molecular weight excluding hydrogens is 324 g/mol. The lowest BCUT2D eigenvalue weighted by Crippen LogP contribution is -2.36. The van der Waals surface area contributed by atoms with Crippen LogP contribution >= 0.6 is 15.9 Å². The van der Waals surface area contributed by atoms with E-state index in [-0.39, 0.29) is 0 Å². The average Bonchev–Trinajstić information content (AvgIpc) is 2.51. The molecule has 2 aromatic carbocycles. The largest absolute Gasteiger partial charge is 0.364 e. The van der Waals surface area contributed by atoms with E-state index in [4.69, 9.17) is 5.73 Å². The van der Waals surface area contributed by atoms with Gasteiger partial charge in [0.25, 0.3) is 0 Å². The Kier molecular flexibility index (Phi) is 4.32. The maximum Gasteiger partial charge on any atom is 0.0443 e. The molecule has 1 atom stereocenters. The zero-order valence-corrected chi connectivity index (χ0v) is 13.9. The summed E-state index contributed by atoms with van der Waals surface area (Å²) in [7, 11) is 0. The van der Waals surface area contributed by atoms with Crippen LogP contribution in [0.3, 0.4) is 0 Å². The van der Waals surface area contributed by atoms with Crippen molar-refractivity contribution in [2.75, 3.05) is 4.90 Å². The Balaban J connectivity index is 1.90.